The van der Waals surface area contributed by atoms with Crippen molar-refractivity contribution in [2.45, 2.75) is 354 Å². The summed E-state index contributed by atoms with van der Waals surface area (Å²) in [5, 5.41) is 10.6. The Kier molecular flexibility index (Phi) is 68.9. The molecule has 0 fully saturated rings. The van der Waals surface area contributed by atoms with Gasteiger partial charge in [-0.05, 0) is 96.3 Å². The summed E-state index contributed by atoms with van der Waals surface area (Å²) in [7, 11) is -9.96. The second kappa shape index (κ2) is 71.6. The number of hydrogen-bond donors (Lipinski definition) is 3. The van der Waals surface area contributed by atoms with Crippen LogP contribution in [0.1, 0.15) is 336 Å². The minimum Gasteiger partial charge on any atom is -0.462 e. The molecule has 0 saturated carbocycles. The zero-order chi connectivity index (χ0) is 71.8. The maximum Gasteiger partial charge on any atom is 0.472 e. The fraction of sp³-hybridized carbons (Fsp3) is 0.772. The average molecular weight is 1420 g/mol. The van der Waals surface area contributed by atoms with Gasteiger partial charge in [0.2, 0.25) is 0 Å². The number of aliphatic hydroxyl groups is 1. The van der Waals surface area contributed by atoms with Crippen LogP contribution in [0.15, 0.2) is 85.1 Å². The predicted octanol–water partition coefficient (Wildman–Crippen LogP) is 22.2. The highest BCUT2D eigenvalue weighted by atomic mass is 31.2. The summed E-state index contributed by atoms with van der Waals surface area (Å²) >= 11 is 0. The van der Waals surface area contributed by atoms with Crippen molar-refractivity contribution < 1.29 is 80.2 Å². The Bertz CT molecular complexity index is 2190. The summed E-state index contributed by atoms with van der Waals surface area (Å²) in [6.45, 7) is 4.70. The van der Waals surface area contributed by atoms with E-state index in [2.05, 4.69) is 101 Å². The van der Waals surface area contributed by atoms with E-state index >= 15 is 0 Å². The van der Waals surface area contributed by atoms with Crippen molar-refractivity contribution in [3.63, 3.8) is 0 Å². The van der Waals surface area contributed by atoms with Crippen LogP contribution in [0.4, 0.5) is 0 Å². The molecule has 0 rings (SSSR count). The Morgan fingerprint density at radius 2 is 0.541 bits per heavy atom. The normalized spacial score (nSPS) is 14.4. The molecule has 0 aliphatic heterocycles. The summed E-state index contributed by atoms with van der Waals surface area (Å²) in [6.07, 6.45) is 72.9. The van der Waals surface area contributed by atoms with Gasteiger partial charge in [0.15, 0.2) is 12.2 Å². The second-order valence-corrected chi connectivity index (χ2v) is 28.8. The number of phosphoric acid groups is 2. The molecule has 0 aromatic heterocycles. The first-order valence-corrected chi connectivity index (χ1v) is 41.8. The number of unbranched alkanes of at least 4 members (excludes halogenated alkanes) is 33. The highest BCUT2D eigenvalue weighted by Gasteiger charge is 2.30. The molecule has 98 heavy (non-hydrogen) atoms. The fourth-order valence-corrected chi connectivity index (χ4v) is 12.0. The molecule has 5 unspecified atom stereocenters. The number of carbonyl (C=O) groups excluding carboxylic acids is 4. The Morgan fingerprint density at radius 1 is 0.296 bits per heavy atom. The number of rotatable bonds is 73. The monoisotopic (exact) mass is 1420 g/mol. The number of allylic oxidation sites excluding steroid dienone is 14. The molecule has 5 atom stereocenters. The highest BCUT2D eigenvalue weighted by molar-refractivity contribution is 7.47. The third-order valence-electron chi connectivity index (χ3n) is 16.4. The number of esters is 4. The van der Waals surface area contributed by atoms with Crippen LogP contribution >= 0.6 is 15.6 Å². The first-order chi connectivity index (χ1) is 47.7. The van der Waals surface area contributed by atoms with Gasteiger partial charge in [-0.2, -0.15) is 0 Å². The zero-order valence-electron chi connectivity index (χ0n) is 62.0. The lowest BCUT2D eigenvalue weighted by atomic mass is 10.0. The van der Waals surface area contributed by atoms with Gasteiger partial charge in [-0.1, -0.05) is 299 Å². The molecule has 19 heteroatoms. The molecule has 568 valence electrons. The SMILES string of the molecule is CC/C=C\C/C=C\C/C=C\C/C=C\C/C=C\CCCC(=O)OCC(COP(=O)(O)OCC(O)COP(=O)(O)OCC(COC(=O)CCCCCCCCCCCCCCC)OC(=O)CCCCCCCCCCCCCCC)OC(=O)CCCCCCC/C=C\C/C=C\CCCCC. The van der Waals surface area contributed by atoms with Gasteiger partial charge < -0.3 is 33.8 Å². The first-order valence-electron chi connectivity index (χ1n) is 38.8. The minimum atomic E-state index is -4.99. The lowest BCUT2D eigenvalue weighted by molar-refractivity contribution is -0.161. The van der Waals surface area contributed by atoms with Crippen LogP contribution in [0.25, 0.3) is 0 Å². The molecule has 0 aliphatic rings. The van der Waals surface area contributed by atoms with Gasteiger partial charge in [0.25, 0.3) is 0 Å². The topological polar surface area (TPSA) is 237 Å². The summed E-state index contributed by atoms with van der Waals surface area (Å²) < 4.78 is 68.4. The standard InChI is InChI=1S/C79H140O17P2/c1-5-9-13-17-21-25-29-33-35-36-38-41-44-48-52-56-60-64-77(82)90-70-75(96-79(84)66-62-58-54-50-46-42-37-34-30-26-22-18-14-10-6-2)72-94-98(87,88)92-68-73(80)67-91-97(85,86)93-71-74(95-78(83)65-61-57-53-49-45-40-32-28-24-20-16-12-8-4)69-89-76(81)63-59-55-51-47-43-39-31-27-23-19-15-11-7-3/h9,13,21-22,25-26,33-35,37-38,41,48,52,73-75,80H,5-8,10-12,14-20,23-24,27-32,36,39-40,42-47,49-51,53-72H2,1-4H3,(H,85,86)(H,87,88)/b13-9-,25-21-,26-22-,35-33-,37-34-,41-38-,52-48-. The molecule has 0 radical (unpaired) electrons. The van der Waals surface area contributed by atoms with Crippen LogP contribution in [-0.4, -0.2) is 96.7 Å². The molecular formula is C79H140O17P2. The van der Waals surface area contributed by atoms with Gasteiger partial charge in [-0.15, -0.1) is 0 Å². The molecule has 0 heterocycles. The van der Waals surface area contributed by atoms with Crippen molar-refractivity contribution in [3.8, 4) is 0 Å². The van der Waals surface area contributed by atoms with Crippen molar-refractivity contribution in [3.05, 3.63) is 85.1 Å². The summed E-state index contributed by atoms with van der Waals surface area (Å²) in [5.41, 5.74) is 0. The number of hydrogen-bond acceptors (Lipinski definition) is 15. The summed E-state index contributed by atoms with van der Waals surface area (Å²) in [4.78, 5) is 72.8. The summed E-state index contributed by atoms with van der Waals surface area (Å²) in [6, 6.07) is 0. The maximum absolute atomic E-state index is 13.1. The number of phosphoric ester groups is 2. The van der Waals surface area contributed by atoms with Gasteiger partial charge in [0.1, 0.15) is 19.3 Å². The number of carbonyl (C=O) groups is 4. The molecule has 0 amide bonds. The lowest BCUT2D eigenvalue weighted by Gasteiger charge is -2.21. The minimum absolute atomic E-state index is 0.0679. The van der Waals surface area contributed by atoms with Crippen LogP contribution in [-0.2, 0) is 65.4 Å². The van der Waals surface area contributed by atoms with Crippen molar-refractivity contribution >= 4 is 39.5 Å². The molecule has 0 spiro atoms. The van der Waals surface area contributed by atoms with Crippen molar-refractivity contribution in [1.29, 1.82) is 0 Å². The van der Waals surface area contributed by atoms with Gasteiger partial charge in [-0.25, -0.2) is 9.13 Å². The van der Waals surface area contributed by atoms with Crippen molar-refractivity contribution in [2.24, 2.45) is 0 Å². The van der Waals surface area contributed by atoms with E-state index in [1.54, 1.807) is 0 Å². The van der Waals surface area contributed by atoms with Gasteiger partial charge in [0, 0.05) is 25.7 Å². The quantitative estimate of drug-likeness (QED) is 0.0169. The predicted molar refractivity (Wildman–Crippen MR) is 399 cm³/mol. The third-order valence-corrected chi connectivity index (χ3v) is 18.3. The van der Waals surface area contributed by atoms with E-state index in [1.165, 1.54) is 128 Å². The zero-order valence-corrected chi connectivity index (χ0v) is 63.7. The molecule has 0 saturated heterocycles. The fourth-order valence-electron chi connectivity index (χ4n) is 10.5. The number of ether oxygens (including phenoxy) is 4. The van der Waals surface area contributed by atoms with E-state index in [0.29, 0.717) is 32.1 Å². The molecule has 17 nitrogen and oxygen atoms in total. The Balaban J connectivity index is 5.38. The largest absolute Gasteiger partial charge is 0.472 e. The molecular weight excluding hydrogens is 1280 g/mol. The summed E-state index contributed by atoms with van der Waals surface area (Å²) in [5.74, 6) is -2.23. The molecule has 3 N–H and O–H groups in total. The van der Waals surface area contributed by atoms with Gasteiger partial charge >= 0.3 is 39.5 Å². The molecule has 0 aromatic carbocycles. The molecule has 0 bridgehead atoms. The maximum atomic E-state index is 13.1. The molecule has 0 aromatic rings. The Morgan fingerprint density at radius 3 is 0.878 bits per heavy atom. The third kappa shape index (κ3) is 70.7. The number of aliphatic hydroxyl groups excluding tert-OH is 1. The van der Waals surface area contributed by atoms with Crippen molar-refractivity contribution in [2.75, 3.05) is 39.6 Å². The van der Waals surface area contributed by atoms with E-state index in [4.69, 9.17) is 37.0 Å². The lowest BCUT2D eigenvalue weighted by Crippen LogP contribution is -2.30. The van der Waals surface area contributed by atoms with Crippen LogP contribution in [0.5, 0.6) is 0 Å². The van der Waals surface area contributed by atoms with Crippen LogP contribution in [0, 0.1) is 0 Å². The van der Waals surface area contributed by atoms with Gasteiger partial charge in [0.05, 0.1) is 26.4 Å². The van der Waals surface area contributed by atoms with Crippen molar-refractivity contribution in [1.82, 2.24) is 0 Å². The highest BCUT2D eigenvalue weighted by Crippen LogP contribution is 2.45. The van der Waals surface area contributed by atoms with E-state index in [-0.39, 0.29) is 25.7 Å². The molecule has 0 aliphatic carbocycles. The van der Waals surface area contributed by atoms with Crippen LogP contribution in [0.3, 0.4) is 0 Å². The Hall–Kier alpha value is -3.76. The van der Waals surface area contributed by atoms with E-state index < -0.39 is 97.5 Å². The van der Waals surface area contributed by atoms with E-state index in [0.717, 1.165) is 122 Å². The van der Waals surface area contributed by atoms with E-state index in [1.807, 2.05) is 12.2 Å². The first kappa shape index (κ1) is 94.2. The van der Waals surface area contributed by atoms with E-state index in [9.17, 15) is 43.2 Å². The van der Waals surface area contributed by atoms with Gasteiger partial charge in [-0.3, -0.25) is 37.3 Å². The van der Waals surface area contributed by atoms with Crippen LogP contribution < -0.4 is 0 Å². The second-order valence-electron chi connectivity index (χ2n) is 25.9. The Labute approximate surface area is 595 Å². The average Bonchev–Trinajstić information content (AvgIpc) is 1.05. The smallest absolute Gasteiger partial charge is 0.462 e. The van der Waals surface area contributed by atoms with Crippen LogP contribution in [0.2, 0.25) is 0 Å².